The molecule has 1 saturated heterocycles. The molecule has 0 unspecified atom stereocenters. The van der Waals surface area contributed by atoms with E-state index in [0.29, 0.717) is 13.0 Å². The number of nitrogens with zero attached hydrogens (tertiary/aromatic N) is 3. The highest BCUT2D eigenvalue weighted by atomic mass is 16.2. The summed E-state index contributed by atoms with van der Waals surface area (Å²) >= 11 is 0. The Labute approximate surface area is 179 Å². The maximum Gasteiger partial charge on any atom is 0.228 e. The van der Waals surface area contributed by atoms with Gasteiger partial charge in [0.15, 0.2) is 0 Å². The van der Waals surface area contributed by atoms with Crippen molar-refractivity contribution in [2.24, 2.45) is 0 Å². The van der Waals surface area contributed by atoms with Gasteiger partial charge in [-0.3, -0.25) is 9.69 Å². The summed E-state index contributed by atoms with van der Waals surface area (Å²) < 4.78 is 0. The van der Waals surface area contributed by atoms with Gasteiger partial charge in [0.1, 0.15) is 0 Å². The van der Waals surface area contributed by atoms with Crippen LogP contribution in [-0.4, -0.2) is 50.1 Å². The molecule has 4 heteroatoms. The Morgan fingerprint density at radius 3 is 2.67 bits per heavy atom. The zero-order valence-electron chi connectivity index (χ0n) is 17.7. The molecule has 0 aromatic heterocycles. The van der Waals surface area contributed by atoms with Gasteiger partial charge in [0.25, 0.3) is 0 Å². The first-order valence-corrected chi connectivity index (χ1v) is 10.7. The fourth-order valence-corrected chi connectivity index (χ4v) is 4.30. The first-order valence-electron chi connectivity index (χ1n) is 10.7. The lowest BCUT2D eigenvalue weighted by Crippen LogP contribution is -2.46. The van der Waals surface area contributed by atoms with Crippen LogP contribution in [0.2, 0.25) is 0 Å². The summed E-state index contributed by atoms with van der Waals surface area (Å²) in [7, 11) is 0. The number of carbonyl (C=O) groups is 1. The molecule has 2 aliphatic rings. The molecule has 2 aliphatic heterocycles. The second-order valence-electron chi connectivity index (χ2n) is 8.10. The fourth-order valence-electron chi connectivity index (χ4n) is 4.30. The average molecular weight is 400 g/mol. The number of fused-ring (bicyclic) bond motifs is 1. The Morgan fingerprint density at radius 1 is 1.07 bits per heavy atom. The van der Waals surface area contributed by atoms with Crippen LogP contribution in [0.25, 0.3) is 6.08 Å². The summed E-state index contributed by atoms with van der Waals surface area (Å²) in [6.45, 7) is 7.73. The smallest absolute Gasteiger partial charge is 0.228 e. The number of aryl methyl sites for hydroxylation is 2. The highest BCUT2D eigenvalue weighted by Gasteiger charge is 2.23. The third kappa shape index (κ3) is 4.58. The highest BCUT2D eigenvalue weighted by Crippen LogP contribution is 2.29. The molecular formula is C26H29N3O. The summed E-state index contributed by atoms with van der Waals surface area (Å²) in [5.74, 6) is 2.71. The van der Waals surface area contributed by atoms with E-state index < -0.39 is 0 Å². The molecule has 0 bridgehead atoms. The van der Waals surface area contributed by atoms with E-state index in [-0.39, 0.29) is 5.91 Å². The van der Waals surface area contributed by atoms with Crippen LogP contribution in [0.15, 0.2) is 48.5 Å². The monoisotopic (exact) mass is 399 g/mol. The third-order valence-electron chi connectivity index (χ3n) is 5.97. The maximum atomic E-state index is 12.1. The summed E-state index contributed by atoms with van der Waals surface area (Å²) in [6.07, 6.45) is 11.2. The van der Waals surface area contributed by atoms with Crippen LogP contribution >= 0.6 is 0 Å². The first kappa shape index (κ1) is 20.3. The van der Waals surface area contributed by atoms with E-state index >= 15 is 0 Å². The quantitative estimate of drug-likeness (QED) is 0.717. The fraction of sp³-hybridized carbons (Fsp3) is 0.346. The average Bonchev–Trinajstić information content (AvgIpc) is 2.76. The van der Waals surface area contributed by atoms with Crippen molar-refractivity contribution >= 4 is 23.4 Å². The molecule has 154 valence electrons. The SMILES string of the molecule is C#CCN1C(=O)CCc2cc(C=CCN3CCN(c4cccc(C)c4)CC3)ccc21. The summed E-state index contributed by atoms with van der Waals surface area (Å²) in [6, 6.07) is 15.1. The lowest BCUT2D eigenvalue weighted by Gasteiger charge is -2.35. The van der Waals surface area contributed by atoms with Gasteiger partial charge in [0, 0.05) is 50.5 Å². The van der Waals surface area contributed by atoms with Gasteiger partial charge >= 0.3 is 0 Å². The molecule has 0 aliphatic carbocycles. The second-order valence-corrected chi connectivity index (χ2v) is 8.10. The van der Waals surface area contributed by atoms with Crippen LogP contribution in [-0.2, 0) is 11.2 Å². The van der Waals surface area contributed by atoms with Gasteiger partial charge in [0.05, 0.1) is 6.54 Å². The van der Waals surface area contributed by atoms with Crippen LogP contribution in [0.5, 0.6) is 0 Å². The van der Waals surface area contributed by atoms with E-state index in [1.54, 1.807) is 4.90 Å². The van der Waals surface area contributed by atoms with E-state index in [4.69, 9.17) is 6.42 Å². The number of amides is 1. The summed E-state index contributed by atoms with van der Waals surface area (Å²) in [5, 5.41) is 0. The minimum atomic E-state index is 0.119. The Morgan fingerprint density at radius 2 is 1.90 bits per heavy atom. The van der Waals surface area contributed by atoms with Crippen molar-refractivity contribution in [2.45, 2.75) is 19.8 Å². The highest BCUT2D eigenvalue weighted by molar-refractivity contribution is 5.97. The van der Waals surface area contributed by atoms with Crippen molar-refractivity contribution in [2.75, 3.05) is 49.1 Å². The van der Waals surface area contributed by atoms with E-state index in [1.165, 1.54) is 22.4 Å². The van der Waals surface area contributed by atoms with Crippen molar-refractivity contribution in [3.63, 3.8) is 0 Å². The maximum absolute atomic E-state index is 12.1. The van der Waals surface area contributed by atoms with Gasteiger partial charge in [-0.25, -0.2) is 0 Å². The Kier molecular flexibility index (Phi) is 6.21. The summed E-state index contributed by atoms with van der Waals surface area (Å²) in [5.41, 5.74) is 6.00. The topological polar surface area (TPSA) is 26.8 Å². The van der Waals surface area contributed by atoms with Crippen molar-refractivity contribution in [3.8, 4) is 12.3 Å². The molecule has 1 fully saturated rings. The van der Waals surface area contributed by atoms with Gasteiger partial charge in [-0.2, -0.15) is 0 Å². The van der Waals surface area contributed by atoms with Crippen LogP contribution in [0.3, 0.4) is 0 Å². The molecule has 2 aromatic carbocycles. The number of hydrogen-bond acceptors (Lipinski definition) is 3. The molecule has 0 spiro atoms. The molecule has 2 aromatic rings. The number of terminal acetylenes is 1. The number of benzene rings is 2. The largest absolute Gasteiger partial charge is 0.369 e. The molecule has 4 rings (SSSR count). The van der Waals surface area contributed by atoms with Gasteiger partial charge < -0.3 is 9.80 Å². The van der Waals surface area contributed by atoms with Crippen LogP contribution in [0.1, 0.15) is 23.1 Å². The predicted molar refractivity (Wildman–Crippen MR) is 125 cm³/mol. The van der Waals surface area contributed by atoms with Gasteiger partial charge in [0.2, 0.25) is 5.91 Å². The normalized spacial score (nSPS) is 17.3. The zero-order chi connectivity index (χ0) is 20.9. The van der Waals surface area contributed by atoms with Crippen LogP contribution < -0.4 is 9.80 Å². The molecule has 0 N–H and O–H groups in total. The third-order valence-corrected chi connectivity index (χ3v) is 5.97. The number of hydrogen-bond donors (Lipinski definition) is 0. The first-order chi connectivity index (χ1) is 14.6. The van der Waals surface area contributed by atoms with E-state index in [2.05, 4.69) is 71.2 Å². The van der Waals surface area contributed by atoms with Gasteiger partial charge in [-0.1, -0.05) is 36.3 Å². The van der Waals surface area contributed by atoms with Crippen LogP contribution in [0.4, 0.5) is 11.4 Å². The Balaban J connectivity index is 1.32. The van der Waals surface area contributed by atoms with Gasteiger partial charge in [-0.15, -0.1) is 6.42 Å². The molecule has 30 heavy (non-hydrogen) atoms. The Hall–Kier alpha value is -3.03. The van der Waals surface area contributed by atoms with Gasteiger partial charge in [-0.05, 0) is 54.3 Å². The lowest BCUT2D eigenvalue weighted by molar-refractivity contribution is -0.118. The molecule has 4 nitrogen and oxygen atoms in total. The van der Waals surface area contributed by atoms with E-state index in [1.807, 2.05) is 6.07 Å². The second kappa shape index (κ2) is 9.19. The Bertz CT molecular complexity index is 980. The van der Waals surface area contributed by atoms with E-state index in [9.17, 15) is 4.79 Å². The minimum absolute atomic E-state index is 0.119. The predicted octanol–water partition coefficient (Wildman–Crippen LogP) is 3.74. The number of rotatable bonds is 5. The molecular weight excluding hydrogens is 370 g/mol. The van der Waals surface area contributed by atoms with Crippen LogP contribution in [0, 0.1) is 19.3 Å². The molecule has 0 atom stereocenters. The standard InChI is InChI=1S/C26H29N3O/c1-3-13-29-25-11-9-22(20-23(25)10-12-26(29)30)7-5-14-27-15-17-28(18-16-27)24-8-4-6-21(2)19-24/h1,4-9,11,19-20H,10,12-18H2,2H3. The zero-order valence-corrected chi connectivity index (χ0v) is 17.7. The number of anilines is 2. The number of piperazine rings is 1. The lowest BCUT2D eigenvalue weighted by atomic mass is 9.98. The van der Waals surface area contributed by atoms with Crippen molar-refractivity contribution in [3.05, 3.63) is 65.2 Å². The van der Waals surface area contributed by atoms with Crippen molar-refractivity contribution in [1.82, 2.24) is 4.90 Å². The minimum Gasteiger partial charge on any atom is -0.369 e. The molecule has 0 radical (unpaired) electrons. The molecule has 0 saturated carbocycles. The van der Waals surface area contributed by atoms with Crippen molar-refractivity contribution in [1.29, 1.82) is 0 Å². The molecule has 1 amide bonds. The number of carbonyl (C=O) groups excluding carboxylic acids is 1. The molecule has 2 heterocycles. The van der Waals surface area contributed by atoms with E-state index in [0.717, 1.165) is 44.8 Å². The summed E-state index contributed by atoms with van der Waals surface area (Å²) in [4.78, 5) is 18.8. The van der Waals surface area contributed by atoms with Crippen molar-refractivity contribution < 1.29 is 4.79 Å².